The normalized spacial score (nSPS) is 19.5. The molecule has 2 rings (SSSR count). The second-order valence-electron chi connectivity index (χ2n) is 4.85. The van der Waals surface area contributed by atoms with Crippen LogP contribution in [-0.4, -0.2) is 30.5 Å². The third-order valence-corrected chi connectivity index (χ3v) is 3.66. The highest BCUT2D eigenvalue weighted by atomic mass is 35.5. The third kappa shape index (κ3) is 3.95. The Morgan fingerprint density at radius 1 is 1.42 bits per heavy atom. The highest BCUT2D eigenvalue weighted by Crippen LogP contribution is 2.24. The molecule has 0 N–H and O–H groups in total. The molecule has 104 valence electrons. The van der Waals surface area contributed by atoms with Gasteiger partial charge < -0.3 is 9.64 Å². The Bertz CT molecular complexity index is 419. The minimum Gasteiger partial charge on any atom is -0.370 e. The zero-order valence-electron chi connectivity index (χ0n) is 11.3. The van der Waals surface area contributed by atoms with E-state index < -0.39 is 0 Å². The lowest BCUT2D eigenvalue weighted by atomic mass is 10.1. The van der Waals surface area contributed by atoms with E-state index in [-0.39, 0.29) is 12.0 Å². The second-order valence-corrected chi connectivity index (χ2v) is 5.29. The van der Waals surface area contributed by atoms with Gasteiger partial charge in [-0.05, 0) is 24.1 Å². The molecule has 1 aliphatic heterocycles. The van der Waals surface area contributed by atoms with Gasteiger partial charge in [-0.2, -0.15) is 0 Å². The number of morpholine rings is 1. The van der Waals surface area contributed by atoms with Crippen molar-refractivity contribution in [1.29, 1.82) is 0 Å². The monoisotopic (exact) mass is 281 g/mol. The fourth-order valence-corrected chi connectivity index (χ4v) is 2.37. The summed E-state index contributed by atoms with van der Waals surface area (Å²) in [4.78, 5) is 14.0. The molecule has 1 atom stereocenters. The van der Waals surface area contributed by atoms with Gasteiger partial charge in [0, 0.05) is 18.0 Å². The van der Waals surface area contributed by atoms with Crippen LogP contribution in [0.4, 0.5) is 0 Å². The van der Waals surface area contributed by atoms with Crippen LogP contribution < -0.4 is 0 Å². The Hall–Kier alpha value is -1.06. The molecule has 4 heteroatoms. The molecule has 0 radical (unpaired) electrons. The van der Waals surface area contributed by atoms with Crippen LogP contribution in [0, 0.1) is 0 Å². The molecule has 1 amide bonds. The molecule has 1 unspecified atom stereocenters. The maximum absolute atomic E-state index is 12.0. The van der Waals surface area contributed by atoms with Crippen LogP contribution in [0.25, 0.3) is 0 Å². The van der Waals surface area contributed by atoms with Gasteiger partial charge in [0.2, 0.25) is 5.91 Å². The number of hydrogen-bond acceptors (Lipinski definition) is 2. The van der Waals surface area contributed by atoms with Crippen molar-refractivity contribution in [1.82, 2.24) is 4.90 Å². The predicted molar refractivity (Wildman–Crippen MR) is 76.3 cm³/mol. The summed E-state index contributed by atoms with van der Waals surface area (Å²) in [5.74, 6) is 0.240. The Labute approximate surface area is 119 Å². The average Bonchev–Trinajstić information content (AvgIpc) is 2.45. The highest BCUT2D eigenvalue weighted by molar-refractivity contribution is 6.30. The molecule has 1 aliphatic rings. The minimum atomic E-state index is -0.0309. The molecule has 0 saturated carbocycles. The molecule has 19 heavy (non-hydrogen) atoms. The Morgan fingerprint density at radius 2 is 2.16 bits per heavy atom. The number of ether oxygens (including phenoxy) is 1. The van der Waals surface area contributed by atoms with Crippen molar-refractivity contribution in [3.63, 3.8) is 0 Å². The topological polar surface area (TPSA) is 29.5 Å². The van der Waals surface area contributed by atoms with Gasteiger partial charge in [-0.25, -0.2) is 0 Å². The first-order chi connectivity index (χ1) is 9.20. The number of carbonyl (C=O) groups excluding carboxylic acids is 1. The maximum atomic E-state index is 12.0. The smallest absolute Gasteiger partial charge is 0.222 e. The number of unbranched alkanes of at least 4 members (excludes halogenated alkanes) is 1. The molecule has 1 saturated heterocycles. The molecule has 1 aromatic carbocycles. The summed E-state index contributed by atoms with van der Waals surface area (Å²) in [6.45, 7) is 4.05. The van der Waals surface area contributed by atoms with E-state index in [9.17, 15) is 4.79 Å². The molecule has 1 heterocycles. The van der Waals surface area contributed by atoms with Crippen molar-refractivity contribution in [3.05, 3.63) is 34.9 Å². The van der Waals surface area contributed by atoms with Crippen molar-refractivity contribution in [2.24, 2.45) is 0 Å². The summed E-state index contributed by atoms with van der Waals surface area (Å²) in [6, 6.07) is 7.65. The SMILES string of the molecule is CCCCC(=O)N1CCOC(c2ccc(Cl)cc2)C1. The van der Waals surface area contributed by atoms with Gasteiger partial charge in [-0.15, -0.1) is 0 Å². The number of halogens is 1. The fraction of sp³-hybridized carbons (Fsp3) is 0.533. The van der Waals surface area contributed by atoms with E-state index in [2.05, 4.69) is 6.92 Å². The number of benzene rings is 1. The van der Waals surface area contributed by atoms with Crippen LogP contribution in [0.2, 0.25) is 5.02 Å². The molecule has 0 spiro atoms. The molecule has 0 aromatic heterocycles. The zero-order chi connectivity index (χ0) is 13.7. The first kappa shape index (κ1) is 14.4. The largest absolute Gasteiger partial charge is 0.370 e. The van der Waals surface area contributed by atoms with Crippen molar-refractivity contribution in [3.8, 4) is 0 Å². The lowest BCUT2D eigenvalue weighted by Crippen LogP contribution is -2.42. The molecule has 0 aliphatic carbocycles. The number of amides is 1. The number of hydrogen-bond donors (Lipinski definition) is 0. The van der Waals surface area contributed by atoms with Gasteiger partial charge in [0.25, 0.3) is 0 Å². The van der Waals surface area contributed by atoms with Crippen molar-refractivity contribution in [2.45, 2.75) is 32.3 Å². The van der Waals surface area contributed by atoms with E-state index in [1.807, 2.05) is 29.2 Å². The fourth-order valence-electron chi connectivity index (χ4n) is 2.24. The molecular formula is C15H20ClNO2. The molecule has 0 bridgehead atoms. The van der Waals surface area contributed by atoms with Gasteiger partial charge in [-0.1, -0.05) is 37.1 Å². The van der Waals surface area contributed by atoms with E-state index in [1.54, 1.807) is 0 Å². The average molecular weight is 282 g/mol. The van der Waals surface area contributed by atoms with E-state index in [0.29, 0.717) is 26.1 Å². The second kappa shape index (κ2) is 6.92. The molecule has 3 nitrogen and oxygen atoms in total. The van der Waals surface area contributed by atoms with Crippen LogP contribution in [0.5, 0.6) is 0 Å². The summed E-state index contributed by atoms with van der Waals surface area (Å²) in [6.07, 6.45) is 2.62. The first-order valence-corrected chi connectivity index (χ1v) is 7.23. The third-order valence-electron chi connectivity index (χ3n) is 3.41. The summed E-state index contributed by atoms with van der Waals surface area (Å²) < 4.78 is 5.75. The van der Waals surface area contributed by atoms with Crippen molar-refractivity contribution < 1.29 is 9.53 Å². The van der Waals surface area contributed by atoms with Gasteiger partial charge in [-0.3, -0.25) is 4.79 Å². The van der Waals surface area contributed by atoms with Gasteiger partial charge >= 0.3 is 0 Å². The lowest BCUT2D eigenvalue weighted by molar-refractivity contribution is -0.139. The van der Waals surface area contributed by atoms with Crippen LogP contribution in [0.3, 0.4) is 0 Å². The zero-order valence-corrected chi connectivity index (χ0v) is 12.0. The number of nitrogens with zero attached hydrogens (tertiary/aromatic N) is 1. The standard InChI is InChI=1S/C15H20ClNO2/c1-2-3-4-15(18)17-9-10-19-14(11-17)12-5-7-13(16)8-6-12/h5-8,14H,2-4,9-11H2,1H3. The Balaban J connectivity index is 1.96. The van der Waals surface area contributed by atoms with E-state index in [1.165, 1.54) is 0 Å². The maximum Gasteiger partial charge on any atom is 0.222 e. The van der Waals surface area contributed by atoms with Crippen LogP contribution in [0.15, 0.2) is 24.3 Å². The number of carbonyl (C=O) groups is 1. The summed E-state index contributed by atoms with van der Waals surface area (Å²) in [5, 5.41) is 0.718. The van der Waals surface area contributed by atoms with Crippen LogP contribution in [-0.2, 0) is 9.53 Å². The van der Waals surface area contributed by atoms with E-state index >= 15 is 0 Å². The molecular weight excluding hydrogens is 262 g/mol. The Morgan fingerprint density at radius 3 is 2.84 bits per heavy atom. The summed E-state index contributed by atoms with van der Waals surface area (Å²) in [7, 11) is 0. The Kier molecular flexibility index (Phi) is 5.23. The quantitative estimate of drug-likeness (QED) is 0.846. The molecule has 1 fully saturated rings. The van der Waals surface area contributed by atoms with Gasteiger partial charge in [0.15, 0.2) is 0 Å². The van der Waals surface area contributed by atoms with Gasteiger partial charge in [0.1, 0.15) is 6.10 Å². The van der Waals surface area contributed by atoms with E-state index in [0.717, 1.165) is 23.4 Å². The summed E-state index contributed by atoms with van der Waals surface area (Å²) in [5.41, 5.74) is 1.08. The van der Waals surface area contributed by atoms with E-state index in [4.69, 9.17) is 16.3 Å². The minimum absolute atomic E-state index is 0.0309. The predicted octanol–water partition coefficient (Wildman–Crippen LogP) is 3.43. The highest BCUT2D eigenvalue weighted by Gasteiger charge is 2.24. The number of rotatable bonds is 4. The van der Waals surface area contributed by atoms with Gasteiger partial charge in [0.05, 0.1) is 13.2 Å². The lowest BCUT2D eigenvalue weighted by Gasteiger charge is -2.33. The molecule has 1 aromatic rings. The van der Waals surface area contributed by atoms with Crippen LogP contribution in [0.1, 0.15) is 37.9 Å². The van der Waals surface area contributed by atoms with Crippen molar-refractivity contribution >= 4 is 17.5 Å². The van der Waals surface area contributed by atoms with Crippen LogP contribution >= 0.6 is 11.6 Å². The first-order valence-electron chi connectivity index (χ1n) is 6.85. The summed E-state index contributed by atoms with van der Waals surface area (Å²) >= 11 is 5.88. The van der Waals surface area contributed by atoms with Crippen molar-refractivity contribution in [2.75, 3.05) is 19.7 Å².